The van der Waals surface area contributed by atoms with Gasteiger partial charge < -0.3 is 9.80 Å². The molecule has 26 heavy (non-hydrogen) atoms. The van der Waals surface area contributed by atoms with Crippen molar-refractivity contribution in [3.05, 3.63) is 53.9 Å². The second-order valence-corrected chi connectivity index (χ2v) is 7.45. The van der Waals surface area contributed by atoms with E-state index in [-0.39, 0.29) is 11.9 Å². The molecule has 5 heteroatoms. The third kappa shape index (κ3) is 4.40. The maximum atomic E-state index is 13.0. The third-order valence-corrected chi connectivity index (χ3v) is 5.03. The van der Waals surface area contributed by atoms with E-state index in [0.29, 0.717) is 12.1 Å². The maximum Gasteiger partial charge on any atom is 0.257 e. The summed E-state index contributed by atoms with van der Waals surface area (Å²) in [5.41, 5.74) is 1.67. The summed E-state index contributed by atoms with van der Waals surface area (Å²) >= 11 is 0. The van der Waals surface area contributed by atoms with Crippen LogP contribution in [0.2, 0.25) is 0 Å². The molecule has 0 aliphatic carbocycles. The van der Waals surface area contributed by atoms with E-state index in [2.05, 4.69) is 21.8 Å². The number of carbonyl (C=O) groups is 1. The lowest BCUT2D eigenvalue weighted by molar-refractivity contribution is 0.0689. The van der Waals surface area contributed by atoms with Gasteiger partial charge in [0.2, 0.25) is 5.95 Å². The summed E-state index contributed by atoms with van der Waals surface area (Å²) in [6.07, 6.45) is 5.68. The summed E-state index contributed by atoms with van der Waals surface area (Å²) in [5, 5.41) is 0. The first-order valence-electron chi connectivity index (χ1n) is 9.46. The summed E-state index contributed by atoms with van der Waals surface area (Å²) < 4.78 is 0. The largest absolute Gasteiger partial charge is 0.341 e. The minimum absolute atomic E-state index is 0.0253. The van der Waals surface area contributed by atoms with Crippen molar-refractivity contribution in [3.63, 3.8) is 0 Å². The fraction of sp³-hybridized carbons (Fsp3) is 0.476. The molecular weight excluding hydrogens is 324 g/mol. The molecule has 2 aromatic rings. The molecule has 1 aromatic carbocycles. The molecule has 138 valence electrons. The molecule has 3 rings (SSSR count). The van der Waals surface area contributed by atoms with Crippen LogP contribution in [-0.2, 0) is 6.54 Å². The van der Waals surface area contributed by atoms with Gasteiger partial charge in [-0.05, 0) is 38.2 Å². The molecule has 1 aromatic heterocycles. The lowest BCUT2D eigenvalue weighted by Crippen LogP contribution is -2.37. The number of carbonyl (C=O) groups excluding carboxylic acids is 1. The molecule has 5 nitrogen and oxygen atoms in total. The van der Waals surface area contributed by atoms with Gasteiger partial charge in [0.05, 0.1) is 5.56 Å². The average Bonchev–Trinajstić information content (AvgIpc) is 2.67. The zero-order chi connectivity index (χ0) is 18.5. The number of hydrogen-bond donors (Lipinski definition) is 0. The van der Waals surface area contributed by atoms with Gasteiger partial charge in [0, 0.05) is 38.1 Å². The van der Waals surface area contributed by atoms with Crippen molar-refractivity contribution < 1.29 is 4.79 Å². The summed E-state index contributed by atoms with van der Waals surface area (Å²) in [5.74, 6) is 1.47. The van der Waals surface area contributed by atoms with Gasteiger partial charge in [-0.2, -0.15) is 0 Å². The van der Waals surface area contributed by atoms with Gasteiger partial charge in [-0.25, -0.2) is 9.97 Å². The number of anilines is 1. The zero-order valence-corrected chi connectivity index (χ0v) is 15.9. The SMILES string of the molecule is CC1CCN(c2ncc(C(=O)N(Cc3ccccc3)C(C)C)cn2)CC1. The highest BCUT2D eigenvalue weighted by Crippen LogP contribution is 2.20. The molecular formula is C21H28N4O. The van der Waals surface area contributed by atoms with Crippen molar-refractivity contribution in [2.24, 2.45) is 5.92 Å². The molecule has 1 amide bonds. The second kappa shape index (κ2) is 8.30. The first-order valence-corrected chi connectivity index (χ1v) is 9.46. The summed E-state index contributed by atoms with van der Waals surface area (Å²) in [6.45, 7) is 8.91. The highest BCUT2D eigenvalue weighted by atomic mass is 16.2. The normalized spacial score (nSPS) is 15.3. The lowest BCUT2D eigenvalue weighted by Gasteiger charge is -2.30. The monoisotopic (exact) mass is 352 g/mol. The van der Waals surface area contributed by atoms with Crippen molar-refractivity contribution in [3.8, 4) is 0 Å². The van der Waals surface area contributed by atoms with Crippen LogP contribution in [0.5, 0.6) is 0 Å². The molecule has 1 aliphatic heterocycles. The van der Waals surface area contributed by atoms with Crippen LogP contribution in [0.1, 0.15) is 49.5 Å². The van der Waals surface area contributed by atoms with E-state index in [1.54, 1.807) is 12.4 Å². The van der Waals surface area contributed by atoms with Crippen LogP contribution in [0.4, 0.5) is 5.95 Å². The Morgan fingerprint density at radius 3 is 2.35 bits per heavy atom. The Kier molecular flexibility index (Phi) is 5.86. The van der Waals surface area contributed by atoms with E-state index in [1.807, 2.05) is 49.1 Å². The number of amides is 1. The van der Waals surface area contributed by atoms with Crippen molar-refractivity contribution >= 4 is 11.9 Å². The van der Waals surface area contributed by atoms with E-state index in [4.69, 9.17) is 0 Å². The average molecular weight is 352 g/mol. The van der Waals surface area contributed by atoms with E-state index in [9.17, 15) is 4.79 Å². The molecule has 0 atom stereocenters. The first kappa shape index (κ1) is 18.4. The third-order valence-electron chi connectivity index (χ3n) is 5.03. The van der Waals surface area contributed by atoms with Gasteiger partial charge in [-0.3, -0.25) is 4.79 Å². The second-order valence-electron chi connectivity index (χ2n) is 7.45. The number of rotatable bonds is 5. The van der Waals surface area contributed by atoms with Crippen molar-refractivity contribution in [1.29, 1.82) is 0 Å². The van der Waals surface area contributed by atoms with Crippen LogP contribution in [-0.4, -0.2) is 39.9 Å². The number of nitrogens with zero attached hydrogens (tertiary/aromatic N) is 4. The quantitative estimate of drug-likeness (QED) is 0.822. The van der Waals surface area contributed by atoms with Crippen LogP contribution in [0.15, 0.2) is 42.7 Å². The van der Waals surface area contributed by atoms with E-state index in [1.165, 1.54) is 12.8 Å². The molecule has 0 unspecified atom stereocenters. The van der Waals surface area contributed by atoms with Crippen LogP contribution in [0, 0.1) is 5.92 Å². The Balaban J connectivity index is 1.71. The minimum Gasteiger partial charge on any atom is -0.341 e. The summed E-state index contributed by atoms with van der Waals surface area (Å²) in [7, 11) is 0. The van der Waals surface area contributed by atoms with Crippen molar-refractivity contribution in [2.75, 3.05) is 18.0 Å². The zero-order valence-electron chi connectivity index (χ0n) is 15.9. The molecule has 2 heterocycles. The van der Waals surface area contributed by atoms with Gasteiger partial charge in [-0.15, -0.1) is 0 Å². The van der Waals surface area contributed by atoms with Crippen molar-refractivity contribution in [1.82, 2.24) is 14.9 Å². The standard InChI is InChI=1S/C21H28N4O/c1-16(2)25(15-18-7-5-4-6-8-18)20(26)19-13-22-21(23-14-19)24-11-9-17(3)10-12-24/h4-8,13-14,16-17H,9-12,15H2,1-3H3. The van der Waals surface area contributed by atoms with Gasteiger partial charge in [0.1, 0.15) is 0 Å². The Hall–Kier alpha value is -2.43. The number of hydrogen-bond acceptors (Lipinski definition) is 4. The Morgan fingerprint density at radius 1 is 1.15 bits per heavy atom. The van der Waals surface area contributed by atoms with E-state index >= 15 is 0 Å². The lowest BCUT2D eigenvalue weighted by atomic mass is 10.00. The van der Waals surface area contributed by atoms with Crippen LogP contribution in [0.25, 0.3) is 0 Å². The summed E-state index contributed by atoms with van der Waals surface area (Å²) in [4.78, 5) is 25.9. The molecule has 0 spiro atoms. The number of benzene rings is 1. The number of aromatic nitrogens is 2. The fourth-order valence-corrected chi connectivity index (χ4v) is 3.24. The predicted molar refractivity (Wildman–Crippen MR) is 104 cm³/mol. The molecule has 1 aliphatic rings. The molecule has 1 fully saturated rings. The minimum atomic E-state index is -0.0253. The van der Waals surface area contributed by atoms with E-state index < -0.39 is 0 Å². The molecule has 1 saturated heterocycles. The molecule has 0 N–H and O–H groups in total. The van der Waals surface area contributed by atoms with Gasteiger partial charge >= 0.3 is 0 Å². The van der Waals surface area contributed by atoms with Gasteiger partial charge in [-0.1, -0.05) is 37.3 Å². The molecule has 0 radical (unpaired) electrons. The van der Waals surface area contributed by atoms with E-state index in [0.717, 1.165) is 30.5 Å². The molecule has 0 saturated carbocycles. The van der Waals surface area contributed by atoms with Crippen LogP contribution >= 0.6 is 0 Å². The Morgan fingerprint density at radius 2 is 1.77 bits per heavy atom. The fourth-order valence-electron chi connectivity index (χ4n) is 3.24. The van der Waals surface area contributed by atoms with Crippen molar-refractivity contribution in [2.45, 2.75) is 46.2 Å². The topological polar surface area (TPSA) is 49.3 Å². The predicted octanol–water partition coefficient (Wildman–Crippen LogP) is 3.76. The Bertz CT molecular complexity index is 707. The molecule has 0 bridgehead atoms. The van der Waals surface area contributed by atoms with Crippen LogP contribution < -0.4 is 4.90 Å². The summed E-state index contributed by atoms with van der Waals surface area (Å²) in [6, 6.07) is 10.2. The van der Waals surface area contributed by atoms with Gasteiger partial charge in [0.25, 0.3) is 5.91 Å². The highest BCUT2D eigenvalue weighted by Gasteiger charge is 2.22. The van der Waals surface area contributed by atoms with Gasteiger partial charge in [0.15, 0.2) is 0 Å². The highest BCUT2D eigenvalue weighted by molar-refractivity contribution is 5.93. The number of piperidine rings is 1. The first-order chi connectivity index (χ1) is 12.5. The Labute approximate surface area is 156 Å². The van der Waals surface area contributed by atoms with Crippen LogP contribution in [0.3, 0.4) is 0 Å². The smallest absolute Gasteiger partial charge is 0.257 e. The maximum absolute atomic E-state index is 13.0.